The predicted molar refractivity (Wildman–Crippen MR) is 215 cm³/mol. The largest absolute Gasteiger partial charge is 0.446 e. The molecule has 0 saturated heterocycles. The fraction of sp³-hybridized carbons (Fsp3) is 0.907. The zero-order valence-electron chi connectivity index (χ0n) is 35.1. The molecular formula is C43H77N2O7P. The minimum atomic E-state index is -0.596. The quantitative estimate of drug-likeness (QED) is 0.0681. The van der Waals surface area contributed by atoms with Crippen molar-refractivity contribution in [1.82, 2.24) is 10.6 Å². The third kappa shape index (κ3) is 12.5. The van der Waals surface area contributed by atoms with Gasteiger partial charge < -0.3 is 34.1 Å². The summed E-state index contributed by atoms with van der Waals surface area (Å²) in [6.45, 7) is 23.3. The SMILES string of the molecule is CCP(C)OCCC(C)(C)OC(=O)NCCOCCOCCNC(=O)O[C@H]1CC[C@@]2(C)C(=CCC3C4CCC(C(C)CCCC(C)C)[C@@]4(C)CCC32)C1. The maximum Gasteiger partial charge on any atom is 0.407 e. The minimum Gasteiger partial charge on any atom is -0.446 e. The van der Waals surface area contributed by atoms with Gasteiger partial charge >= 0.3 is 12.2 Å². The molecule has 3 saturated carbocycles. The first-order valence-corrected chi connectivity index (χ1v) is 23.2. The summed E-state index contributed by atoms with van der Waals surface area (Å²) in [5.74, 6) is 4.97. The molecule has 0 bridgehead atoms. The molecule has 2 amide bonds. The lowest BCUT2D eigenvalue weighted by Gasteiger charge is -2.58. The molecule has 53 heavy (non-hydrogen) atoms. The molecule has 0 radical (unpaired) electrons. The van der Waals surface area contributed by atoms with Crippen molar-refractivity contribution in [3.8, 4) is 0 Å². The highest BCUT2D eigenvalue weighted by molar-refractivity contribution is 7.51. The van der Waals surface area contributed by atoms with E-state index in [0.717, 1.165) is 60.9 Å². The molecule has 0 aliphatic heterocycles. The molecule has 10 heteroatoms. The topological polar surface area (TPSA) is 104 Å². The van der Waals surface area contributed by atoms with E-state index in [0.29, 0.717) is 58.0 Å². The number of allylic oxidation sites excluding steroid dienone is 1. The minimum absolute atomic E-state index is 0.0575. The van der Waals surface area contributed by atoms with Gasteiger partial charge in [0, 0.05) is 34.1 Å². The number of rotatable bonds is 21. The number of hydrogen-bond donors (Lipinski definition) is 2. The molecule has 306 valence electrons. The van der Waals surface area contributed by atoms with Crippen LogP contribution < -0.4 is 10.6 Å². The number of amides is 2. The fourth-order valence-electron chi connectivity index (χ4n) is 10.6. The number of carbonyl (C=O) groups excluding carboxylic acids is 2. The Morgan fingerprint density at radius 2 is 1.60 bits per heavy atom. The van der Waals surface area contributed by atoms with Crippen LogP contribution in [0.15, 0.2) is 11.6 Å². The van der Waals surface area contributed by atoms with Crippen LogP contribution in [0.4, 0.5) is 9.59 Å². The summed E-state index contributed by atoms with van der Waals surface area (Å²) in [5, 5.41) is 5.59. The van der Waals surface area contributed by atoms with Crippen LogP contribution in [0.2, 0.25) is 0 Å². The zero-order chi connectivity index (χ0) is 38.6. The maximum atomic E-state index is 12.7. The Hall–Kier alpha value is -1.41. The number of nitrogens with one attached hydrogen (secondary N) is 2. The Labute approximate surface area is 324 Å². The van der Waals surface area contributed by atoms with E-state index in [1.807, 2.05) is 13.8 Å². The summed E-state index contributed by atoms with van der Waals surface area (Å²) in [6.07, 6.45) is 17.2. The lowest BCUT2D eigenvalue weighted by molar-refractivity contribution is -0.0581. The molecule has 4 aliphatic carbocycles. The van der Waals surface area contributed by atoms with Gasteiger partial charge in [0.1, 0.15) is 11.7 Å². The van der Waals surface area contributed by atoms with Gasteiger partial charge in [0.2, 0.25) is 0 Å². The molecule has 0 aromatic rings. The van der Waals surface area contributed by atoms with Crippen LogP contribution in [0.25, 0.3) is 0 Å². The molecule has 9 nitrogen and oxygen atoms in total. The average molecular weight is 765 g/mol. The second-order valence-corrected chi connectivity index (χ2v) is 20.5. The van der Waals surface area contributed by atoms with Crippen LogP contribution in [-0.4, -0.2) is 82.8 Å². The van der Waals surface area contributed by atoms with E-state index >= 15 is 0 Å². The summed E-state index contributed by atoms with van der Waals surface area (Å²) in [6, 6.07) is 0. The first-order chi connectivity index (χ1) is 25.2. The van der Waals surface area contributed by atoms with Gasteiger partial charge in [0.15, 0.2) is 0 Å². The van der Waals surface area contributed by atoms with E-state index in [1.165, 1.54) is 51.4 Å². The molecule has 4 rings (SSSR count). The third-order valence-electron chi connectivity index (χ3n) is 13.8. The van der Waals surface area contributed by atoms with Crippen molar-refractivity contribution < 1.29 is 33.1 Å². The normalized spacial score (nSPS) is 30.8. The van der Waals surface area contributed by atoms with E-state index in [1.54, 1.807) is 5.57 Å². The lowest BCUT2D eigenvalue weighted by atomic mass is 9.47. The number of ether oxygens (including phenoxy) is 4. The molecule has 2 N–H and O–H groups in total. The van der Waals surface area contributed by atoms with Crippen LogP contribution in [-0.2, 0) is 23.5 Å². The second-order valence-electron chi connectivity index (χ2n) is 18.3. The third-order valence-corrected chi connectivity index (χ3v) is 15.3. The van der Waals surface area contributed by atoms with E-state index in [4.69, 9.17) is 23.5 Å². The summed E-state index contributed by atoms with van der Waals surface area (Å²) in [4.78, 5) is 24.8. The highest BCUT2D eigenvalue weighted by Gasteiger charge is 2.59. The molecule has 0 spiro atoms. The number of hydrogen-bond acceptors (Lipinski definition) is 7. The van der Waals surface area contributed by atoms with Crippen molar-refractivity contribution in [2.45, 2.75) is 144 Å². The Bertz CT molecular complexity index is 1180. The molecule has 0 aromatic carbocycles. The van der Waals surface area contributed by atoms with Crippen molar-refractivity contribution in [2.24, 2.45) is 46.3 Å². The number of alkyl carbamates (subject to hydrolysis) is 2. The standard InChI is InChI=1S/C43H77N2O7P/c1-10-53(9)50-25-22-41(5,6)52-40(47)45-24-27-49-29-28-48-26-23-44-39(46)51-34-18-20-42(7)33(30-34)14-15-35-37-17-16-36(32(4)13-11-12-31(2)3)43(37,8)21-19-38(35)42/h14,31-32,34-38H,10-13,15-30H2,1-9H3,(H,44,46)(H,45,47)/t32?,34-,35?,36?,37?,38?,42-,43+,53?/m0/s1. The Morgan fingerprint density at radius 1 is 0.906 bits per heavy atom. The maximum absolute atomic E-state index is 12.7. The van der Waals surface area contributed by atoms with Gasteiger partial charge in [-0.15, -0.1) is 0 Å². The molecule has 3 fully saturated rings. The Kier molecular flexibility index (Phi) is 17.3. The molecule has 0 heterocycles. The van der Waals surface area contributed by atoms with Crippen LogP contribution in [0, 0.1) is 46.3 Å². The molecular weight excluding hydrogens is 687 g/mol. The second kappa shape index (κ2) is 20.7. The highest BCUT2D eigenvalue weighted by atomic mass is 31.1. The smallest absolute Gasteiger partial charge is 0.407 e. The van der Waals surface area contributed by atoms with Crippen LogP contribution in [0.1, 0.15) is 132 Å². The summed E-state index contributed by atoms with van der Waals surface area (Å²) >= 11 is 0. The highest BCUT2D eigenvalue weighted by Crippen LogP contribution is 2.67. The van der Waals surface area contributed by atoms with Crippen LogP contribution in [0.5, 0.6) is 0 Å². The zero-order valence-corrected chi connectivity index (χ0v) is 36.0. The summed E-state index contributed by atoms with van der Waals surface area (Å²) in [5.41, 5.74) is 1.70. The van der Waals surface area contributed by atoms with Gasteiger partial charge in [-0.1, -0.05) is 72.5 Å². The van der Waals surface area contributed by atoms with E-state index in [-0.39, 0.29) is 17.6 Å². The molecule has 6 unspecified atom stereocenters. The summed E-state index contributed by atoms with van der Waals surface area (Å²) < 4.78 is 28.4. The average Bonchev–Trinajstić information content (AvgIpc) is 3.46. The van der Waals surface area contributed by atoms with Gasteiger partial charge in [-0.25, -0.2) is 9.59 Å². The molecule has 0 aromatic heterocycles. The van der Waals surface area contributed by atoms with Gasteiger partial charge in [0.25, 0.3) is 0 Å². The lowest BCUT2D eigenvalue weighted by Crippen LogP contribution is -2.51. The van der Waals surface area contributed by atoms with E-state index < -0.39 is 19.8 Å². The van der Waals surface area contributed by atoms with Gasteiger partial charge in [-0.2, -0.15) is 0 Å². The van der Waals surface area contributed by atoms with Crippen molar-refractivity contribution in [1.29, 1.82) is 0 Å². The Morgan fingerprint density at radius 3 is 2.28 bits per heavy atom. The van der Waals surface area contributed by atoms with Gasteiger partial charge in [-0.3, -0.25) is 0 Å². The first-order valence-electron chi connectivity index (χ1n) is 21.3. The van der Waals surface area contributed by atoms with Gasteiger partial charge in [-0.05, 0) is 118 Å². The monoisotopic (exact) mass is 765 g/mol. The number of fused-ring (bicyclic) bond motifs is 5. The van der Waals surface area contributed by atoms with Crippen LogP contribution in [0.3, 0.4) is 0 Å². The Balaban J connectivity index is 1.07. The van der Waals surface area contributed by atoms with E-state index in [2.05, 4.69) is 64.9 Å². The number of carbonyl (C=O) groups is 2. The van der Waals surface area contributed by atoms with E-state index in [9.17, 15) is 9.59 Å². The van der Waals surface area contributed by atoms with Crippen molar-refractivity contribution >= 4 is 20.3 Å². The molecule has 4 aliphatic rings. The summed E-state index contributed by atoms with van der Waals surface area (Å²) in [7, 11) is -0.400. The predicted octanol–water partition coefficient (Wildman–Crippen LogP) is 10.1. The van der Waals surface area contributed by atoms with Crippen LogP contribution >= 0.6 is 8.15 Å². The van der Waals surface area contributed by atoms with Crippen molar-refractivity contribution in [2.75, 3.05) is 59.0 Å². The molecule has 9 atom stereocenters. The van der Waals surface area contributed by atoms with Crippen molar-refractivity contribution in [3.05, 3.63) is 11.6 Å². The first kappa shape index (κ1) is 44.3. The fourth-order valence-corrected chi connectivity index (χ4v) is 11.2. The van der Waals surface area contributed by atoms with Gasteiger partial charge in [0.05, 0.1) is 33.0 Å². The van der Waals surface area contributed by atoms with Crippen molar-refractivity contribution in [3.63, 3.8) is 0 Å².